The average molecular weight is 341 g/mol. The number of aliphatic carboxylic acids is 1. The van der Waals surface area contributed by atoms with Gasteiger partial charge in [0.1, 0.15) is 5.75 Å². The van der Waals surface area contributed by atoms with E-state index in [1.54, 1.807) is 38.3 Å². The molecule has 1 amide bonds. The number of amides is 1. The normalized spacial score (nSPS) is 14.2. The molecule has 0 radical (unpaired) electrons. The predicted octanol–water partition coefficient (Wildman–Crippen LogP) is 3.31. The maximum atomic E-state index is 12.5. The Labute approximate surface area is 147 Å². The summed E-state index contributed by atoms with van der Waals surface area (Å²) in [6.45, 7) is 3.41. The van der Waals surface area contributed by atoms with Crippen LogP contribution in [0.2, 0.25) is 0 Å². The van der Waals surface area contributed by atoms with E-state index in [2.05, 4.69) is 5.32 Å². The molecule has 2 unspecified atom stereocenters. The van der Waals surface area contributed by atoms with E-state index in [9.17, 15) is 14.7 Å². The highest BCUT2D eigenvalue weighted by Gasteiger charge is 2.37. The molecular weight excluding hydrogens is 318 g/mol. The van der Waals surface area contributed by atoms with E-state index in [0.717, 1.165) is 5.56 Å². The minimum absolute atomic E-state index is 0.147. The van der Waals surface area contributed by atoms with Gasteiger partial charge in [-0.2, -0.15) is 0 Å². The molecule has 0 aliphatic heterocycles. The molecule has 0 saturated carbocycles. The lowest BCUT2D eigenvalue weighted by molar-refractivity contribution is -0.145. The molecular formula is C20H23NO4. The molecule has 2 atom stereocenters. The molecule has 0 aliphatic carbocycles. The summed E-state index contributed by atoms with van der Waals surface area (Å²) >= 11 is 0. The van der Waals surface area contributed by atoms with E-state index in [0.29, 0.717) is 11.3 Å². The second-order valence-corrected chi connectivity index (χ2v) is 6.21. The van der Waals surface area contributed by atoms with Crippen LogP contribution in [0.5, 0.6) is 5.75 Å². The van der Waals surface area contributed by atoms with E-state index < -0.39 is 11.4 Å². The third-order valence-corrected chi connectivity index (χ3v) is 4.38. The van der Waals surface area contributed by atoms with Crippen molar-refractivity contribution in [3.05, 3.63) is 65.7 Å². The Kier molecular flexibility index (Phi) is 5.80. The Hall–Kier alpha value is -2.82. The number of rotatable bonds is 7. The molecule has 0 fully saturated rings. The number of carboxylic acid groups (broad SMARTS) is 1. The van der Waals surface area contributed by atoms with Gasteiger partial charge in [-0.3, -0.25) is 9.59 Å². The first-order valence-corrected chi connectivity index (χ1v) is 8.09. The molecule has 2 aromatic carbocycles. The van der Waals surface area contributed by atoms with Crippen LogP contribution in [0.15, 0.2) is 54.6 Å². The molecule has 5 heteroatoms. The van der Waals surface area contributed by atoms with E-state index in [4.69, 9.17) is 4.74 Å². The van der Waals surface area contributed by atoms with Crippen molar-refractivity contribution in [2.45, 2.75) is 31.7 Å². The lowest BCUT2D eigenvalue weighted by atomic mass is 9.79. The van der Waals surface area contributed by atoms with Gasteiger partial charge >= 0.3 is 5.97 Å². The Balaban J connectivity index is 2.16. The molecule has 0 bridgehead atoms. The number of carboxylic acids is 1. The van der Waals surface area contributed by atoms with Crippen molar-refractivity contribution in [3.8, 4) is 5.75 Å². The van der Waals surface area contributed by atoms with Crippen molar-refractivity contribution in [1.82, 2.24) is 5.32 Å². The molecule has 0 heterocycles. The van der Waals surface area contributed by atoms with E-state index in [1.165, 1.54) is 0 Å². The number of hydrogen-bond acceptors (Lipinski definition) is 3. The smallest absolute Gasteiger partial charge is 0.314 e. The fourth-order valence-electron chi connectivity index (χ4n) is 2.82. The molecule has 0 aromatic heterocycles. The molecule has 132 valence electrons. The summed E-state index contributed by atoms with van der Waals surface area (Å²) in [5, 5.41) is 12.5. The number of nitrogens with one attached hydrogen (secondary N) is 1. The zero-order valence-corrected chi connectivity index (χ0v) is 14.7. The zero-order chi connectivity index (χ0) is 18.4. The Morgan fingerprint density at radius 3 is 2.32 bits per heavy atom. The third kappa shape index (κ3) is 4.18. The van der Waals surface area contributed by atoms with Crippen molar-refractivity contribution >= 4 is 11.9 Å². The second kappa shape index (κ2) is 7.83. The van der Waals surface area contributed by atoms with Gasteiger partial charge in [-0.15, -0.1) is 0 Å². The number of hydrogen-bond donors (Lipinski definition) is 2. The Bertz CT molecular complexity index is 744. The lowest BCUT2D eigenvalue weighted by Gasteiger charge is -2.26. The highest BCUT2D eigenvalue weighted by atomic mass is 16.5. The molecule has 2 rings (SSSR count). The highest BCUT2D eigenvalue weighted by molar-refractivity contribution is 5.89. The summed E-state index contributed by atoms with van der Waals surface area (Å²) in [4.78, 5) is 24.3. The maximum absolute atomic E-state index is 12.5. The van der Waals surface area contributed by atoms with Crippen molar-refractivity contribution in [2.24, 2.45) is 0 Å². The highest BCUT2D eigenvalue weighted by Crippen LogP contribution is 2.29. The van der Waals surface area contributed by atoms with Crippen LogP contribution >= 0.6 is 0 Å². The summed E-state index contributed by atoms with van der Waals surface area (Å²) in [6, 6.07) is 15.9. The number of methoxy groups -OCH3 is 1. The molecule has 0 saturated heterocycles. The molecule has 0 spiro atoms. The van der Waals surface area contributed by atoms with E-state index in [1.807, 2.05) is 37.3 Å². The van der Waals surface area contributed by atoms with Crippen molar-refractivity contribution < 1.29 is 19.4 Å². The number of para-hydroxylation sites is 1. The van der Waals surface area contributed by atoms with Crippen LogP contribution in [-0.2, 0) is 15.0 Å². The first-order valence-electron chi connectivity index (χ1n) is 8.09. The fourth-order valence-corrected chi connectivity index (χ4v) is 2.82. The maximum Gasteiger partial charge on any atom is 0.314 e. The van der Waals surface area contributed by atoms with Crippen molar-refractivity contribution in [1.29, 1.82) is 0 Å². The van der Waals surface area contributed by atoms with Gasteiger partial charge in [-0.1, -0.05) is 48.5 Å². The van der Waals surface area contributed by atoms with Crippen LogP contribution in [0.25, 0.3) is 0 Å². The first-order chi connectivity index (χ1) is 11.9. The molecule has 2 aromatic rings. The molecule has 0 aliphatic rings. The van der Waals surface area contributed by atoms with Crippen LogP contribution in [0.1, 0.15) is 37.4 Å². The number of carbonyl (C=O) groups is 2. The SMILES string of the molecule is COc1ccccc1C(C)NC(=O)CC(C)(C(=O)O)c1ccccc1. The summed E-state index contributed by atoms with van der Waals surface area (Å²) in [5.74, 6) is -0.676. The average Bonchev–Trinajstić information content (AvgIpc) is 2.61. The van der Waals surface area contributed by atoms with Crippen LogP contribution in [0, 0.1) is 0 Å². The van der Waals surface area contributed by atoms with E-state index >= 15 is 0 Å². The standard InChI is InChI=1S/C20H23NO4/c1-14(16-11-7-8-12-17(16)25-3)21-18(22)13-20(2,19(23)24)15-9-5-4-6-10-15/h4-12,14H,13H2,1-3H3,(H,21,22)(H,23,24). The number of ether oxygens (including phenoxy) is 1. The van der Waals surface area contributed by atoms with Gasteiger partial charge in [-0.05, 0) is 25.5 Å². The van der Waals surface area contributed by atoms with Crippen molar-refractivity contribution in [2.75, 3.05) is 7.11 Å². The predicted molar refractivity (Wildman–Crippen MR) is 95.6 cm³/mol. The van der Waals surface area contributed by atoms with Crippen molar-refractivity contribution in [3.63, 3.8) is 0 Å². The summed E-state index contributed by atoms with van der Waals surface area (Å²) < 4.78 is 5.31. The van der Waals surface area contributed by atoms with Gasteiger partial charge < -0.3 is 15.2 Å². The topological polar surface area (TPSA) is 75.6 Å². The van der Waals surface area contributed by atoms with Crippen LogP contribution in [0.3, 0.4) is 0 Å². The van der Waals surface area contributed by atoms with Gasteiger partial charge in [0.05, 0.1) is 18.6 Å². The van der Waals surface area contributed by atoms with Gasteiger partial charge in [0.25, 0.3) is 0 Å². The zero-order valence-electron chi connectivity index (χ0n) is 14.7. The fraction of sp³-hybridized carbons (Fsp3) is 0.300. The van der Waals surface area contributed by atoms with Gasteiger partial charge in [-0.25, -0.2) is 0 Å². The first kappa shape index (κ1) is 18.5. The van der Waals surface area contributed by atoms with Crippen LogP contribution in [0.4, 0.5) is 0 Å². The molecule has 2 N–H and O–H groups in total. The second-order valence-electron chi connectivity index (χ2n) is 6.21. The van der Waals surface area contributed by atoms with Gasteiger partial charge in [0.2, 0.25) is 5.91 Å². The van der Waals surface area contributed by atoms with Gasteiger partial charge in [0.15, 0.2) is 0 Å². The molecule has 25 heavy (non-hydrogen) atoms. The summed E-state index contributed by atoms with van der Waals surface area (Å²) in [5.41, 5.74) is 0.156. The molecule has 5 nitrogen and oxygen atoms in total. The number of benzene rings is 2. The minimum Gasteiger partial charge on any atom is -0.496 e. The lowest BCUT2D eigenvalue weighted by Crippen LogP contribution is -2.39. The number of carbonyl (C=O) groups excluding carboxylic acids is 1. The summed E-state index contributed by atoms with van der Waals surface area (Å²) in [7, 11) is 1.57. The Morgan fingerprint density at radius 1 is 1.12 bits per heavy atom. The minimum atomic E-state index is -1.29. The Morgan fingerprint density at radius 2 is 1.72 bits per heavy atom. The largest absolute Gasteiger partial charge is 0.496 e. The monoisotopic (exact) mass is 341 g/mol. The van der Waals surface area contributed by atoms with E-state index in [-0.39, 0.29) is 18.4 Å². The van der Waals surface area contributed by atoms with Gasteiger partial charge in [0, 0.05) is 12.0 Å². The van der Waals surface area contributed by atoms with Crippen LogP contribution < -0.4 is 10.1 Å². The third-order valence-electron chi connectivity index (χ3n) is 4.38. The summed E-state index contributed by atoms with van der Waals surface area (Å²) in [6.07, 6.45) is -0.147. The quantitative estimate of drug-likeness (QED) is 0.810. The van der Waals surface area contributed by atoms with Crippen LogP contribution in [-0.4, -0.2) is 24.1 Å².